The van der Waals surface area contributed by atoms with Gasteiger partial charge in [0.25, 0.3) is 11.5 Å². The Labute approximate surface area is 161 Å². The minimum Gasteiger partial charge on any atom is -0.383 e. The van der Waals surface area contributed by atoms with E-state index in [1.165, 1.54) is 4.80 Å². The van der Waals surface area contributed by atoms with Crippen LogP contribution in [0.3, 0.4) is 0 Å². The van der Waals surface area contributed by atoms with E-state index in [1.54, 1.807) is 18.1 Å². The van der Waals surface area contributed by atoms with Crippen LogP contribution in [0.15, 0.2) is 10.9 Å². The summed E-state index contributed by atoms with van der Waals surface area (Å²) in [5, 5.41) is 12.3. The average molecular weight is 388 g/mol. The van der Waals surface area contributed by atoms with Crippen molar-refractivity contribution in [3.63, 3.8) is 0 Å². The lowest BCUT2D eigenvalue weighted by Crippen LogP contribution is -2.44. The van der Waals surface area contributed by atoms with Crippen LogP contribution in [0.2, 0.25) is 0 Å². The second-order valence-electron chi connectivity index (χ2n) is 7.07. The molecule has 10 nitrogen and oxygen atoms in total. The van der Waals surface area contributed by atoms with Crippen LogP contribution in [0.25, 0.3) is 0 Å². The normalized spacial score (nSPS) is 19.5. The summed E-state index contributed by atoms with van der Waals surface area (Å²) < 4.78 is 10.7. The molecule has 1 saturated heterocycles. The Morgan fingerprint density at radius 3 is 3.11 bits per heavy atom. The fourth-order valence-electron chi connectivity index (χ4n) is 3.65. The number of aromatic nitrogens is 5. The number of morpholine rings is 1. The molecule has 1 fully saturated rings. The van der Waals surface area contributed by atoms with Gasteiger partial charge in [-0.15, -0.1) is 10.2 Å². The maximum absolute atomic E-state index is 13.0. The van der Waals surface area contributed by atoms with Crippen LogP contribution < -0.4 is 5.56 Å². The summed E-state index contributed by atoms with van der Waals surface area (Å²) in [6.45, 7) is 2.03. The molecule has 3 heterocycles. The summed E-state index contributed by atoms with van der Waals surface area (Å²) in [5.41, 5.74) is 1.90. The van der Waals surface area contributed by atoms with Crippen LogP contribution in [0, 0.1) is 0 Å². The van der Waals surface area contributed by atoms with Gasteiger partial charge in [0.2, 0.25) is 5.82 Å². The Bertz CT molecular complexity index is 908. The topological polar surface area (TPSA) is 115 Å². The highest BCUT2D eigenvalue weighted by atomic mass is 16.5. The van der Waals surface area contributed by atoms with E-state index in [1.807, 2.05) is 0 Å². The van der Waals surface area contributed by atoms with Crippen molar-refractivity contribution in [2.24, 2.45) is 0 Å². The van der Waals surface area contributed by atoms with E-state index >= 15 is 0 Å². The van der Waals surface area contributed by atoms with Crippen molar-refractivity contribution < 1.29 is 14.3 Å². The molecule has 2 aromatic rings. The molecule has 0 saturated carbocycles. The smallest absolute Gasteiger partial charge is 0.261 e. The fraction of sp³-hybridized carbons (Fsp3) is 0.611. The molecular weight excluding hydrogens is 364 g/mol. The Balaban J connectivity index is 1.49. The zero-order valence-corrected chi connectivity index (χ0v) is 15.9. The number of carbonyl (C=O) groups is 1. The number of ether oxygens (including phenoxy) is 2. The molecule has 1 N–H and O–H groups in total. The number of tetrazole rings is 1. The lowest BCUT2D eigenvalue weighted by molar-refractivity contribution is -0.0270. The molecular formula is C18H24N6O4. The standard InChI is InChI=1S/C18H24N6O4/c1-27-8-7-24-21-16(20-22-24)15-11-23(6-9-28-15)18(26)13-10-12-4-2-3-5-14(12)19-17(13)25/h10,15H,2-9,11H2,1H3,(H,19,25)/t15-/m0/s1. The van der Waals surface area contributed by atoms with Gasteiger partial charge in [0.15, 0.2) is 0 Å². The van der Waals surface area contributed by atoms with Crippen LogP contribution in [0.5, 0.6) is 0 Å². The summed E-state index contributed by atoms with van der Waals surface area (Å²) in [5.74, 6) is 0.141. The van der Waals surface area contributed by atoms with Gasteiger partial charge in [0.05, 0.1) is 26.3 Å². The minimum atomic E-state index is -0.467. The zero-order valence-electron chi connectivity index (χ0n) is 15.9. The van der Waals surface area contributed by atoms with E-state index in [0.717, 1.165) is 36.9 Å². The van der Waals surface area contributed by atoms with Gasteiger partial charge in [-0.2, -0.15) is 4.80 Å². The number of fused-ring (bicyclic) bond motifs is 1. The van der Waals surface area contributed by atoms with E-state index in [2.05, 4.69) is 20.4 Å². The monoisotopic (exact) mass is 388 g/mol. The van der Waals surface area contributed by atoms with E-state index in [-0.39, 0.29) is 23.6 Å². The molecule has 1 amide bonds. The average Bonchev–Trinajstić information content (AvgIpc) is 3.20. The molecule has 1 aliphatic carbocycles. The zero-order chi connectivity index (χ0) is 19.5. The molecule has 0 bridgehead atoms. The molecule has 1 atom stereocenters. The number of hydrogen-bond acceptors (Lipinski definition) is 7. The quantitative estimate of drug-likeness (QED) is 0.772. The van der Waals surface area contributed by atoms with Crippen LogP contribution >= 0.6 is 0 Å². The van der Waals surface area contributed by atoms with Gasteiger partial charge in [-0.3, -0.25) is 9.59 Å². The molecule has 0 spiro atoms. The maximum Gasteiger partial charge on any atom is 0.261 e. The van der Waals surface area contributed by atoms with Gasteiger partial charge in [-0.1, -0.05) is 0 Å². The molecule has 0 aromatic carbocycles. The van der Waals surface area contributed by atoms with Crippen LogP contribution in [-0.2, 0) is 28.9 Å². The lowest BCUT2D eigenvalue weighted by Gasteiger charge is -2.31. The molecule has 0 unspecified atom stereocenters. The lowest BCUT2D eigenvalue weighted by atomic mass is 9.95. The number of H-pyrrole nitrogens is 1. The number of hydrogen-bond donors (Lipinski definition) is 1. The number of aromatic amines is 1. The molecule has 2 aromatic heterocycles. The van der Waals surface area contributed by atoms with Gasteiger partial charge < -0.3 is 19.4 Å². The minimum absolute atomic E-state index is 0.193. The molecule has 28 heavy (non-hydrogen) atoms. The molecule has 2 aliphatic rings. The van der Waals surface area contributed by atoms with Crippen molar-refractivity contribution in [2.45, 2.75) is 38.3 Å². The number of aryl methyl sites for hydroxylation is 2. The van der Waals surface area contributed by atoms with Crippen molar-refractivity contribution in [3.05, 3.63) is 39.1 Å². The molecule has 10 heteroatoms. The van der Waals surface area contributed by atoms with Gasteiger partial charge in [0.1, 0.15) is 11.7 Å². The van der Waals surface area contributed by atoms with Crippen molar-refractivity contribution in [1.29, 1.82) is 0 Å². The SMILES string of the molecule is COCCn1nnc([C@@H]2CN(C(=O)c3cc4c([nH]c3=O)CCCC4)CCO2)n1. The summed E-state index contributed by atoms with van der Waals surface area (Å²) in [7, 11) is 1.61. The predicted molar refractivity (Wildman–Crippen MR) is 98.0 cm³/mol. The fourth-order valence-corrected chi connectivity index (χ4v) is 3.65. The first-order chi connectivity index (χ1) is 13.7. The second kappa shape index (κ2) is 8.19. The third kappa shape index (κ3) is 3.83. The number of amides is 1. The van der Waals surface area contributed by atoms with Crippen molar-refractivity contribution >= 4 is 5.91 Å². The van der Waals surface area contributed by atoms with Gasteiger partial charge >= 0.3 is 0 Å². The third-order valence-electron chi connectivity index (χ3n) is 5.17. The third-order valence-corrected chi connectivity index (χ3v) is 5.17. The van der Waals surface area contributed by atoms with E-state index in [9.17, 15) is 9.59 Å². The number of methoxy groups -OCH3 is 1. The van der Waals surface area contributed by atoms with Crippen LogP contribution in [-0.4, -0.2) is 69.4 Å². The highest BCUT2D eigenvalue weighted by Crippen LogP contribution is 2.22. The Morgan fingerprint density at radius 1 is 1.39 bits per heavy atom. The van der Waals surface area contributed by atoms with Gasteiger partial charge in [-0.05, 0) is 42.5 Å². The summed E-state index contributed by atoms with van der Waals surface area (Å²) in [6, 6.07) is 1.76. The second-order valence-corrected chi connectivity index (χ2v) is 7.07. The molecule has 150 valence electrons. The number of nitrogens with zero attached hydrogens (tertiary/aromatic N) is 5. The summed E-state index contributed by atoms with van der Waals surface area (Å²) in [6.07, 6.45) is 3.44. The summed E-state index contributed by atoms with van der Waals surface area (Å²) >= 11 is 0. The number of pyridine rings is 1. The summed E-state index contributed by atoms with van der Waals surface area (Å²) in [4.78, 5) is 31.4. The number of rotatable bonds is 5. The molecule has 0 radical (unpaired) electrons. The first-order valence-electron chi connectivity index (χ1n) is 9.58. The first-order valence-corrected chi connectivity index (χ1v) is 9.58. The van der Waals surface area contributed by atoms with Crippen molar-refractivity contribution in [1.82, 2.24) is 30.1 Å². The Kier molecular flexibility index (Phi) is 5.49. The molecule has 4 rings (SSSR count). The first kappa shape index (κ1) is 18.8. The van der Waals surface area contributed by atoms with Crippen molar-refractivity contribution in [3.8, 4) is 0 Å². The van der Waals surface area contributed by atoms with Crippen LogP contribution in [0.4, 0.5) is 0 Å². The Morgan fingerprint density at radius 2 is 2.25 bits per heavy atom. The Hall–Kier alpha value is -2.59. The predicted octanol–water partition coefficient (Wildman–Crippen LogP) is 0.100. The van der Waals surface area contributed by atoms with E-state index in [4.69, 9.17) is 9.47 Å². The largest absolute Gasteiger partial charge is 0.383 e. The van der Waals surface area contributed by atoms with E-state index < -0.39 is 6.10 Å². The van der Waals surface area contributed by atoms with E-state index in [0.29, 0.717) is 32.1 Å². The van der Waals surface area contributed by atoms with Crippen LogP contribution in [0.1, 0.15) is 46.4 Å². The number of nitrogens with one attached hydrogen (secondary N) is 1. The van der Waals surface area contributed by atoms with Crippen molar-refractivity contribution in [2.75, 3.05) is 33.4 Å². The molecule has 1 aliphatic heterocycles. The van der Waals surface area contributed by atoms with Gasteiger partial charge in [-0.25, -0.2) is 0 Å². The highest BCUT2D eigenvalue weighted by molar-refractivity contribution is 5.94. The van der Waals surface area contributed by atoms with Gasteiger partial charge in [0, 0.05) is 19.3 Å². The number of carbonyl (C=O) groups excluding carboxylic acids is 1. The highest BCUT2D eigenvalue weighted by Gasteiger charge is 2.30. The maximum atomic E-state index is 13.0.